The van der Waals surface area contributed by atoms with E-state index < -0.39 is 0 Å². The lowest BCUT2D eigenvalue weighted by Crippen LogP contribution is -2.39. The Morgan fingerprint density at radius 1 is 1.39 bits per heavy atom. The van der Waals surface area contributed by atoms with Crippen LogP contribution in [0.4, 0.5) is 5.69 Å². The smallest absolute Gasteiger partial charge is 0.239 e. The van der Waals surface area contributed by atoms with Gasteiger partial charge < -0.3 is 10.6 Å². The summed E-state index contributed by atoms with van der Waals surface area (Å²) in [6.45, 7) is 6.41. The first-order valence-corrected chi connectivity index (χ1v) is 7.05. The Bertz CT molecular complexity index is 423. The molecule has 1 aromatic rings. The summed E-state index contributed by atoms with van der Waals surface area (Å²) in [6.07, 6.45) is 0. The zero-order valence-electron chi connectivity index (χ0n) is 10.8. The topological polar surface area (TPSA) is 41.1 Å². The van der Waals surface area contributed by atoms with Gasteiger partial charge in [0.1, 0.15) is 0 Å². The SMILES string of the molecule is CC(C)C(C)NC(=O)CNc1ccc(Cl)c(Br)c1. The molecule has 3 nitrogen and oxygen atoms in total. The third-order valence-electron chi connectivity index (χ3n) is 2.76. The van der Waals surface area contributed by atoms with Crippen molar-refractivity contribution in [3.8, 4) is 0 Å². The van der Waals surface area contributed by atoms with E-state index in [0.717, 1.165) is 10.2 Å². The fourth-order valence-corrected chi connectivity index (χ4v) is 1.76. The Labute approximate surface area is 121 Å². The lowest BCUT2D eigenvalue weighted by molar-refractivity contribution is -0.120. The maximum Gasteiger partial charge on any atom is 0.239 e. The van der Waals surface area contributed by atoms with E-state index in [2.05, 4.69) is 40.4 Å². The fraction of sp³-hybridized carbons (Fsp3) is 0.462. The molecule has 0 aliphatic rings. The Hall–Kier alpha value is -0.740. The predicted molar refractivity (Wildman–Crippen MR) is 80.1 cm³/mol. The van der Waals surface area contributed by atoms with Crippen molar-refractivity contribution in [1.82, 2.24) is 5.32 Å². The molecule has 1 amide bonds. The van der Waals surface area contributed by atoms with Crippen LogP contribution >= 0.6 is 27.5 Å². The van der Waals surface area contributed by atoms with Crippen LogP contribution in [0.15, 0.2) is 22.7 Å². The molecule has 100 valence electrons. The minimum Gasteiger partial charge on any atom is -0.376 e. The number of carbonyl (C=O) groups excluding carboxylic acids is 1. The lowest BCUT2D eigenvalue weighted by Gasteiger charge is -2.17. The number of halogens is 2. The molecule has 0 bridgehead atoms. The second-order valence-corrected chi connectivity index (χ2v) is 5.84. The maximum atomic E-state index is 11.7. The molecule has 0 saturated carbocycles. The molecule has 1 rings (SSSR count). The Morgan fingerprint density at radius 2 is 2.06 bits per heavy atom. The molecule has 18 heavy (non-hydrogen) atoms. The van der Waals surface area contributed by atoms with Crippen LogP contribution in [-0.2, 0) is 4.79 Å². The summed E-state index contributed by atoms with van der Waals surface area (Å²) in [5.41, 5.74) is 0.860. The van der Waals surface area contributed by atoms with Crippen LogP contribution < -0.4 is 10.6 Å². The Morgan fingerprint density at radius 3 is 2.61 bits per heavy atom. The van der Waals surface area contributed by atoms with Crippen LogP contribution in [0.1, 0.15) is 20.8 Å². The molecule has 1 aromatic carbocycles. The second-order valence-electron chi connectivity index (χ2n) is 4.58. The van der Waals surface area contributed by atoms with E-state index in [9.17, 15) is 4.79 Å². The van der Waals surface area contributed by atoms with Gasteiger partial charge in [-0.15, -0.1) is 0 Å². The fourth-order valence-electron chi connectivity index (χ4n) is 1.26. The van der Waals surface area contributed by atoms with Crippen molar-refractivity contribution in [2.45, 2.75) is 26.8 Å². The molecular weight excluding hydrogens is 316 g/mol. The standard InChI is InChI=1S/C13H18BrClN2O/c1-8(2)9(3)17-13(18)7-16-10-4-5-12(15)11(14)6-10/h4-6,8-9,16H,7H2,1-3H3,(H,17,18). The zero-order valence-corrected chi connectivity index (χ0v) is 13.1. The van der Waals surface area contributed by atoms with E-state index in [1.807, 2.05) is 19.1 Å². The summed E-state index contributed by atoms with van der Waals surface area (Å²) < 4.78 is 0.810. The lowest BCUT2D eigenvalue weighted by atomic mass is 10.1. The summed E-state index contributed by atoms with van der Waals surface area (Å²) >= 11 is 9.23. The van der Waals surface area contributed by atoms with Crippen LogP contribution in [-0.4, -0.2) is 18.5 Å². The Balaban J connectivity index is 2.45. The summed E-state index contributed by atoms with van der Waals surface area (Å²) in [6, 6.07) is 5.65. The average Bonchev–Trinajstić information content (AvgIpc) is 2.30. The average molecular weight is 334 g/mol. The number of hydrogen-bond donors (Lipinski definition) is 2. The van der Waals surface area contributed by atoms with Gasteiger partial charge in [0.2, 0.25) is 5.91 Å². The van der Waals surface area contributed by atoms with Crippen LogP contribution in [0.3, 0.4) is 0 Å². The first kappa shape index (κ1) is 15.3. The van der Waals surface area contributed by atoms with E-state index in [0.29, 0.717) is 10.9 Å². The van der Waals surface area contributed by atoms with Gasteiger partial charge in [-0.25, -0.2) is 0 Å². The van der Waals surface area contributed by atoms with Crippen LogP contribution in [0.5, 0.6) is 0 Å². The molecule has 0 aromatic heterocycles. The highest BCUT2D eigenvalue weighted by Crippen LogP contribution is 2.25. The molecule has 0 heterocycles. The second kappa shape index (κ2) is 7.00. The number of hydrogen-bond acceptors (Lipinski definition) is 2. The first-order chi connectivity index (χ1) is 8.40. The van der Waals surface area contributed by atoms with Gasteiger partial charge in [0.25, 0.3) is 0 Å². The van der Waals surface area contributed by atoms with Crippen molar-refractivity contribution >= 4 is 39.1 Å². The number of anilines is 1. The summed E-state index contributed by atoms with van der Waals surface area (Å²) in [5.74, 6) is 0.417. The van der Waals surface area contributed by atoms with Crippen molar-refractivity contribution in [2.75, 3.05) is 11.9 Å². The van der Waals surface area contributed by atoms with Gasteiger partial charge in [0.15, 0.2) is 0 Å². The normalized spacial score (nSPS) is 12.3. The van der Waals surface area contributed by atoms with Gasteiger partial charge in [-0.2, -0.15) is 0 Å². The number of benzene rings is 1. The monoisotopic (exact) mass is 332 g/mol. The Kier molecular flexibility index (Phi) is 5.96. The zero-order chi connectivity index (χ0) is 13.7. The molecule has 0 fully saturated rings. The molecule has 0 radical (unpaired) electrons. The van der Waals surface area contributed by atoms with Gasteiger partial charge in [-0.05, 0) is 47.0 Å². The highest BCUT2D eigenvalue weighted by molar-refractivity contribution is 9.10. The van der Waals surface area contributed by atoms with Gasteiger partial charge in [-0.1, -0.05) is 25.4 Å². The third-order valence-corrected chi connectivity index (χ3v) is 3.98. The van der Waals surface area contributed by atoms with Crippen molar-refractivity contribution in [2.24, 2.45) is 5.92 Å². The van der Waals surface area contributed by atoms with Crippen molar-refractivity contribution in [3.05, 3.63) is 27.7 Å². The highest BCUT2D eigenvalue weighted by atomic mass is 79.9. The summed E-state index contributed by atoms with van der Waals surface area (Å²) in [4.78, 5) is 11.7. The molecule has 1 atom stereocenters. The largest absolute Gasteiger partial charge is 0.376 e. The highest BCUT2D eigenvalue weighted by Gasteiger charge is 2.10. The van der Waals surface area contributed by atoms with E-state index in [1.165, 1.54) is 0 Å². The van der Waals surface area contributed by atoms with E-state index in [4.69, 9.17) is 11.6 Å². The van der Waals surface area contributed by atoms with Crippen LogP contribution in [0.2, 0.25) is 5.02 Å². The molecule has 5 heteroatoms. The molecular formula is C13H18BrClN2O. The van der Waals surface area contributed by atoms with Crippen molar-refractivity contribution in [3.63, 3.8) is 0 Å². The summed E-state index contributed by atoms with van der Waals surface area (Å²) in [5, 5.41) is 6.64. The van der Waals surface area contributed by atoms with Crippen LogP contribution in [0.25, 0.3) is 0 Å². The van der Waals surface area contributed by atoms with Gasteiger partial charge in [0.05, 0.1) is 11.6 Å². The quantitative estimate of drug-likeness (QED) is 0.863. The summed E-state index contributed by atoms with van der Waals surface area (Å²) in [7, 11) is 0. The first-order valence-electron chi connectivity index (χ1n) is 5.88. The van der Waals surface area contributed by atoms with Crippen molar-refractivity contribution < 1.29 is 4.79 Å². The molecule has 0 saturated heterocycles. The number of amides is 1. The third kappa shape index (κ3) is 4.86. The number of rotatable bonds is 5. The number of carbonyl (C=O) groups is 1. The predicted octanol–water partition coefficient (Wildman–Crippen LogP) is 3.68. The van der Waals surface area contributed by atoms with E-state index in [1.54, 1.807) is 6.07 Å². The van der Waals surface area contributed by atoms with E-state index >= 15 is 0 Å². The van der Waals surface area contributed by atoms with E-state index in [-0.39, 0.29) is 18.5 Å². The molecule has 0 aliphatic heterocycles. The minimum atomic E-state index is -0.0118. The van der Waals surface area contributed by atoms with Crippen molar-refractivity contribution in [1.29, 1.82) is 0 Å². The minimum absolute atomic E-state index is 0.0118. The number of nitrogens with one attached hydrogen (secondary N) is 2. The van der Waals surface area contributed by atoms with Gasteiger partial charge in [-0.3, -0.25) is 4.79 Å². The van der Waals surface area contributed by atoms with Gasteiger partial charge >= 0.3 is 0 Å². The molecule has 2 N–H and O–H groups in total. The maximum absolute atomic E-state index is 11.7. The molecule has 0 spiro atoms. The van der Waals surface area contributed by atoms with Gasteiger partial charge in [0, 0.05) is 16.2 Å². The van der Waals surface area contributed by atoms with Crippen LogP contribution in [0, 0.1) is 5.92 Å². The molecule has 0 aliphatic carbocycles. The molecule has 1 unspecified atom stereocenters.